The number of carboxylic acid groups (broad SMARTS) is 1. The maximum absolute atomic E-state index is 12.6. The van der Waals surface area contributed by atoms with Crippen molar-refractivity contribution in [3.63, 3.8) is 0 Å². The van der Waals surface area contributed by atoms with Crippen molar-refractivity contribution < 1.29 is 24.2 Å². The maximum atomic E-state index is 12.6. The molecule has 0 saturated heterocycles. The van der Waals surface area contributed by atoms with Crippen LogP contribution in [0.4, 0.5) is 10.5 Å². The first-order valence-electron chi connectivity index (χ1n) is 11.0. The van der Waals surface area contributed by atoms with Crippen molar-refractivity contribution in [2.75, 3.05) is 11.9 Å². The molecule has 0 aliphatic heterocycles. The third kappa shape index (κ3) is 5.09. The van der Waals surface area contributed by atoms with Crippen LogP contribution < -0.4 is 10.6 Å². The van der Waals surface area contributed by atoms with Gasteiger partial charge in [-0.25, -0.2) is 9.59 Å². The van der Waals surface area contributed by atoms with Crippen molar-refractivity contribution in [1.29, 1.82) is 0 Å². The Kier molecular flexibility index (Phi) is 6.36. The molecule has 0 atom stereocenters. The minimum Gasteiger partial charge on any atom is -0.478 e. The predicted octanol–water partition coefficient (Wildman–Crippen LogP) is 5.03. The molecule has 174 valence electrons. The topological polar surface area (TPSA) is 105 Å². The van der Waals surface area contributed by atoms with Crippen LogP contribution in [0, 0.1) is 0 Å². The molecule has 34 heavy (non-hydrogen) atoms. The van der Waals surface area contributed by atoms with E-state index < -0.39 is 17.6 Å². The second-order valence-electron chi connectivity index (χ2n) is 8.94. The number of hydrogen-bond donors (Lipinski definition) is 3. The molecule has 0 heterocycles. The summed E-state index contributed by atoms with van der Waals surface area (Å²) in [6.07, 6.45) is -0.580. The average molecular weight is 459 g/mol. The molecule has 0 spiro atoms. The van der Waals surface area contributed by atoms with E-state index in [2.05, 4.69) is 34.9 Å². The van der Waals surface area contributed by atoms with Gasteiger partial charge in [-0.1, -0.05) is 48.5 Å². The summed E-state index contributed by atoms with van der Waals surface area (Å²) in [6, 6.07) is 22.1. The number of carbonyl (C=O) groups excluding carboxylic acids is 2. The molecular formula is C27H26N2O5. The predicted molar refractivity (Wildman–Crippen MR) is 129 cm³/mol. The Bertz CT molecular complexity index is 1190. The van der Waals surface area contributed by atoms with Crippen LogP contribution in [0.3, 0.4) is 0 Å². The quantitative estimate of drug-likeness (QED) is 0.461. The Labute approximate surface area is 197 Å². The summed E-state index contributed by atoms with van der Waals surface area (Å²) in [7, 11) is 0. The summed E-state index contributed by atoms with van der Waals surface area (Å²) >= 11 is 0. The number of benzene rings is 3. The van der Waals surface area contributed by atoms with Gasteiger partial charge in [0.2, 0.25) is 5.91 Å². The molecule has 3 aromatic carbocycles. The summed E-state index contributed by atoms with van der Waals surface area (Å²) in [5.74, 6) is -1.39. The van der Waals surface area contributed by atoms with Gasteiger partial charge in [0.25, 0.3) is 0 Å². The van der Waals surface area contributed by atoms with Crippen molar-refractivity contribution >= 4 is 23.7 Å². The summed E-state index contributed by atoms with van der Waals surface area (Å²) in [5, 5.41) is 14.4. The standard InChI is InChI=1S/C27H26N2O5/c1-27(2,15-24(30)28-18-13-11-17(12-14-18)25(31)32)29-26(33)34-16-23-21-9-5-3-7-19(21)20-8-4-6-10-22(20)23/h3-14,23H,15-16H2,1-2H3,(H,28,30)(H,29,33)(H,31,32). The first-order valence-corrected chi connectivity index (χ1v) is 11.0. The molecule has 3 aromatic rings. The second kappa shape index (κ2) is 9.39. The van der Waals surface area contributed by atoms with Crippen LogP contribution in [-0.4, -0.2) is 35.2 Å². The highest BCUT2D eigenvalue weighted by molar-refractivity contribution is 5.93. The fourth-order valence-corrected chi connectivity index (χ4v) is 4.26. The van der Waals surface area contributed by atoms with E-state index in [1.54, 1.807) is 13.8 Å². The molecular weight excluding hydrogens is 432 g/mol. The van der Waals surface area contributed by atoms with Crippen LogP contribution in [0.2, 0.25) is 0 Å². The van der Waals surface area contributed by atoms with Crippen molar-refractivity contribution in [1.82, 2.24) is 5.32 Å². The second-order valence-corrected chi connectivity index (χ2v) is 8.94. The molecule has 0 bridgehead atoms. The number of rotatable bonds is 7. The van der Waals surface area contributed by atoms with Gasteiger partial charge in [0.05, 0.1) is 5.56 Å². The van der Waals surface area contributed by atoms with E-state index >= 15 is 0 Å². The summed E-state index contributed by atoms with van der Waals surface area (Å²) in [6.45, 7) is 3.67. The Hall–Kier alpha value is -4.13. The molecule has 4 rings (SSSR count). The van der Waals surface area contributed by atoms with Crippen molar-refractivity contribution in [3.05, 3.63) is 89.5 Å². The van der Waals surface area contributed by atoms with Gasteiger partial charge in [-0.15, -0.1) is 0 Å². The molecule has 3 N–H and O–H groups in total. The van der Waals surface area contributed by atoms with E-state index in [0.717, 1.165) is 22.3 Å². The molecule has 0 radical (unpaired) electrons. The minimum atomic E-state index is -1.04. The largest absolute Gasteiger partial charge is 0.478 e. The van der Waals surface area contributed by atoms with Crippen LogP contribution in [0.1, 0.15) is 47.7 Å². The zero-order chi connectivity index (χ0) is 24.3. The number of nitrogens with one attached hydrogen (secondary N) is 2. The third-order valence-electron chi connectivity index (χ3n) is 5.80. The molecule has 7 nitrogen and oxygen atoms in total. The first-order chi connectivity index (χ1) is 16.2. The molecule has 1 aliphatic rings. The number of alkyl carbamates (subject to hydrolysis) is 1. The Morgan fingerprint density at radius 2 is 1.44 bits per heavy atom. The van der Waals surface area contributed by atoms with Gasteiger partial charge in [-0.3, -0.25) is 4.79 Å². The lowest BCUT2D eigenvalue weighted by Crippen LogP contribution is -2.46. The molecule has 2 amide bonds. The van der Waals surface area contributed by atoms with E-state index in [4.69, 9.17) is 9.84 Å². The van der Waals surface area contributed by atoms with E-state index in [0.29, 0.717) is 5.69 Å². The van der Waals surface area contributed by atoms with Crippen molar-refractivity contribution in [2.24, 2.45) is 0 Å². The highest BCUT2D eigenvalue weighted by Crippen LogP contribution is 2.44. The molecule has 1 aliphatic carbocycles. The van der Waals surface area contributed by atoms with Gasteiger partial charge in [0.1, 0.15) is 6.61 Å². The van der Waals surface area contributed by atoms with Gasteiger partial charge in [-0.05, 0) is 60.4 Å². The number of amides is 2. The van der Waals surface area contributed by atoms with E-state index in [1.807, 2.05) is 24.3 Å². The highest BCUT2D eigenvalue weighted by Gasteiger charge is 2.30. The SMILES string of the molecule is CC(C)(CC(=O)Nc1ccc(C(=O)O)cc1)NC(=O)OCC1c2ccccc2-c2ccccc21. The average Bonchev–Trinajstić information content (AvgIpc) is 3.11. The zero-order valence-corrected chi connectivity index (χ0v) is 19.0. The fraction of sp³-hybridized carbons (Fsp3) is 0.222. The number of aromatic carboxylic acids is 1. The molecule has 0 saturated carbocycles. The number of ether oxygens (including phenoxy) is 1. The van der Waals surface area contributed by atoms with E-state index in [-0.39, 0.29) is 30.4 Å². The Morgan fingerprint density at radius 3 is 2.00 bits per heavy atom. The minimum absolute atomic E-state index is 0.0118. The normalized spacial score (nSPS) is 12.4. The van der Waals surface area contributed by atoms with Crippen LogP contribution in [0.5, 0.6) is 0 Å². The summed E-state index contributed by atoms with van der Waals surface area (Å²) in [4.78, 5) is 36.0. The lowest BCUT2D eigenvalue weighted by Gasteiger charge is -2.25. The molecule has 0 fully saturated rings. The maximum Gasteiger partial charge on any atom is 0.407 e. The van der Waals surface area contributed by atoms with Crippen LogP contribution in [0.15, 0.2) is 72.8 Å². The van der Waals surface area contributed by atoms with Crippen LogP contribution >= 0.6 is 0 Å². The smallest absolute Gasteiger partial charge is 0.407 e. The number of fused-ring (bicyclic) bond motifs is 3. The Balaban J connectivity index is 1.33. The fourth-order valence-electron chi connectivity index (χ4n) is 4.26. The van der Waals surface area contributed by atoms with Gasteiger partial charge < -0.3 is 20.5 Å². The van der Waals surface area contributed by atoms with Crippen molar-refractivity contribution in [2.45, 2.75) is 31.7 Å². The summed E-state index contributed by atoms with van der Waals surface area (Å²) in [5.41, 5.74) is 4.32. The number of anilines is 1. The Morgan fingerprint density at radius 1 is 0.882 bits per heavy atom. The van der Waals surface area contributed by atoms with Gasteiger partial charge in [-0.2, -0.15) is 0 Å². The summed E-state index contributed by atoms with van der Waals surface area (Å²) < 4.78 is 5.57. The highest BCUT2D eigenvalue weighted by atomic mass is 16.5. The molecule has 0 aromatic heterocycles. The van der Waals surface area contributed by atoms with Crippen molar-refractivity contribution in [3.8, 4) is 11.1 Å². The third-order valence-corrected chi connectivity index (χ3v) is 5.80. The number of hydrogen-bond acceptors (Lipinski definition) is 4. The molecule has 7 heteroatoms. The van der Waals surface area contributed by atoms with E-state index in [9.17, 15) is 14.4 Å². The van der Waals surface area contributed by atoms with Crippen LogP contribution in [-0.2, 0) is 9.53 Å². The monoisotopic (exact) mass is 458 g/mol. The van der Waals surface area contributed by atoms with Gasteiger partial charge in [0, 0.05) is 23.6 Å². The van der Waals surface area contributed by atoms with Crippen LogP contribution in [0.25, 0.3) is 11.1 Å². The lowest BCUT2D eigenvalue weighted by atomic mass is 9.98. The molecule has 0 unspecified atom stereocenters. The number of carbonyl (C=O) groups is 3. The number of carboxylic acids is 1. The zero-order valence-electron chi connectivity index (χ0n) is 19.0. The first kappa shape index (κ1) is 23.0. The van der Waals surface area contributed by atoms with E-state index in [1.165, 1.54) is 24.3 Å². The lowest BCUT2D eigenvalue weighted by molar-refractivity contribution is -0.117. The van der Waals surface area contributed by atoms with Gasteiger partial charge >= 0.3 is 12.1 Å². The van der Waals surface area contributed by atoms with Gasteiger partial charge in [0.15, 0.2) is 0 Å².